The number of benzene rings is 2. The van der Waals surface area contributed by atoms with Gasteiger partial charge in [0.25, 0.3) is 5.91 Å². The van der Waals surface area contributed by atoms with Gasteiger partial charge in [0, 0.05) is 10.0 Å². The molecule has 0 aliphatic heterocycles. The number of carbonyl (C=O) groups is 1. The summed E-state index contributed by atoms with van der Waals surface area (Å²) in [5.74, 6) is 0.561. The summed E-state index contributed by atoms with van der Waals surface area (Å²) in [5.41, 5.74) is 3.92. The van der Waals surface area contributed by atoms with E-state index in [9.17, 15) is 4.79 Å². The van der Waals surface area contributed by atoms with Crippen molar-refractivity contribution in [3.8, 4) is 5.75 Å². The van der Waals surface area contributed by atoms with Crippen molar-refractivity contribution < 1.29 is 9.53 Å². The number of ether oxygens (including phenoxy) is 1. The van der Waals surface area contributed by atoms with Gasteiger partial charge in [-0.15, -0.1) is 0 Å². The summed E-state index contributed by atoms with van der Waals surface area (Å²) in [4.78, 5) is 11.9. The van der Waals surface area contributed by atoms with Gasteiger partial charge in [-0.25, -0.2) is 5.43 Å². The Kier molecular flexibility index (Phi) is 5.51. The minimum Gasteiger partial charge on any atom is -0.494 e. The van der Waals surface area contributed by atoms with Crippen LogP contribution in [0.1, 0.15) is 22.8 Å². The number of hydrogen-bond donors (Lipinski definition) is 1. The van der Waals surface area contributed by atoms with Crippen molar-refractivity contribution in [3.05, 3.63) is 64.1 Å². The third kappa shape index (κ3) is 4.72. The molecule has 21 heavy (non-hydrogen) atoms. The molecule has 0 aromatic heterocycles. The Bertz CT molecular complexity index is 639. The average Bonchev–Trinajstić information content (AvgIpc) is 2.49. The summed E-state index contributed by atoms with van der Waals surface area (Å²) in [6.45, 7) is 2.57. The molecule has 4 nitrogen and oxygen atoms in total. The average molecular weight is 347 g/mol. The van der Waals surface area contributed by atoms with Crippen LogP contribution in [0, 0.1) is 0 Å². The zero-order valence-electron chi connectivity index (χ0n) is 11.5. The van der Waals surface area contributed by atoms with Crippen LogP contribution in [0.4, 0.5) is 0 Å². The lowest BCUT2D eigenvalue weighted by atomic mass is 10.2. The van der Waals surface area contributed by atoms with E-state index < -0.39 is 0 Å². The van der Waals surface area contributed by atoms with Crippen molar-refractivity contribution in [2.24, 2.45) is 5.10 Å². The Morgan fingerprint density at radius 1 is 1.29 bits per heavy atom. The van der Waals surface area contributed by atoms with Crippen molar-refractivity contribution in [1.82, 2.24) is 5.43 Å². The number of carbonyl (C=O) groups excluding carboxylic acids is 1. The fraction of sp³-hybridized carbons (Fsp3) is 0.125. The number of hydrogen-bond acceptors (Lipinski definition) is 3. The molecular formula is C16H15BrN2O2. The van der Waals surface area contributed by atoms with E-state index in [1.807, 2.05) is 37.3 Å². The van der Waals surface area contributed by atoms with E-state index in [1.54, 1.807) is 24.4 Å². The Labute approximate surface area is 132 Å². The molecule has 0 radical (unpaired) electrons. The maximum absolute atomic E-state index is 11.9. The summed E-state index contributed by atoms with van der Waals surface area (Å²) in [5, 5.41) is 3.94. The molecular weight excluding hydrogens is 332 g/mol. The first-order valence-corrected chi connectivity index (χ1v) is 7.30. The molecule has 0 atom stereocenters. The van der Waals surface area contributed by atoms with Crippen LogP contribution < -0.4 is 10.2 Å². The molecule has 0 heterocycles. The van der Waals surface area contributed by atoms with Crippen LogP contribution >= 0.6 is 15.9 Å². The van der Waals surface area contributed by atoms with E-state index in [1.165, 1.54) is 0 Å². The first-order chi connectivity index (χ1) is 10.2. The number of amides is 1. The molecule has 0 saturated heterocycles. The highest BCUT2D eigenvalue weighted by atomic mass is 79.9. The third-order valence-corrected chi connectivity index (χ3v) is 3.15. The maximum Gasteiger partial charge on any atom is 0.271 e. The molecule has 0 bridgehead atoms. The summed E-state index contributed by atoms with van der Waals surface area (Å²) < 4.78 is 6.21. The maximum atomic E-state index is 11.9. The second kappa shape index (κ2) is 7.59. The number of hydrazone groups is 1. The predicted molar refractivity (Wildman–Crippen MR) is 86.8 cm³/mol. The first kappa shape index (κ1) is 15.3. The smallest absolute Gasteiger partial charge is 0.271 e. The molecule has 0 spiro atoms. The van der Waals surface area contributed by atoms with Crippen molar-refractivity contribution in [2.75, 3.05) is 6.61 Å². The van der Waals surface area contributed by atoms with Crippen molar-refractivity contribution in [3.63, 3.8) is 0 Å². The van der Waals surface area contributed by atoms with Gasteiger partial charge >= 0.3 is 0 Å². The molecule has 0 aliphatic rings. The van der Waals surface area contributed by atoms with Crippen LogP contribution in [-0.4, -0.2) is 18.7 Å². The fourth-order valence-corrected chi connectivity index (χ4v) is 2.08. The van der Waals surface area contributed by atoms with Crippen LogP contribution in [0.3, 0.4) is 0 Å². The zero-order chi connectivity index (χ0) is 15.1. The highest BCUT2D eigenvalue weighted by Gasteiger charge is 2.03. The highest BCUT2D eigenvalue weighted by molar-refractivity contribution is 9.10. The Balaban J connectivity index is 1.94. The molecule has 0 fully saturated rings. The summed E-state index contributed by atoms with van der Waals surface area (Å²) >= 11 is 3.32. The van der Waals surface area contributed by atoms with Gasteiger partial charge in [0.2, 0.25) is 0 Å². The predicted octanol–water partition coefficient (Wildman–Crippen LogP) is 3.61. The SMILES string of the molecule is CCOc1ccc(C=NNC(=O)c2cccc(Br)c2)cc1. The number of halogens is 1. The summed E-state index contributed by atoms with van der Waals surface area (Å²) in [6, 6.07) is 14.6. The lowest BCUT2D eigenvalue weighted by Gasteiger charge is -2.02. The zero-order valence-corrected chi connectivity index (χ0v) is 13.1. The van der Waals surface area contributed by atoms with Crippen molar-refractivity contribution in [1.29, 1.82) is 0 Å². The molecule has 2 rings (SSSR count). The second-order valence-electron chi connectivity index (χ2n) is 4.21. The van der Waals surface area contributed by atoms with Crippen LogP contribution in [0.2, 0.25) is 0 Å². The lowest BCUT2D eigenvalue weighted by molar-refractivity contribution is 0.0955. The monoisotopic (exact) mass is 346 g/mol. The van der Waals surface area contributed by atoms with Crippen LogP contribution in [0.5, 0.6) is 5.75 Å². The molecule has 0 unspecified atom stereocenters. The number of nitrogens with one attached hydrogen (secondary N) is 1. The molecule has 0 aliphatic carbocycles. The van der Waals surface area contributed by atoms with Gasteiger partial charge in [0.15, 0.2) is 0 Å². The van der Waals surface area contributed by atoms with Gasteiger partial charge in [0.05, 0.1) is 12.8 Å². The number of nitrogens with zero attached hydrogens (tertiary/aromatic N) is 1. The van der Waals surface area contributed by atoms with Crippen molar-refractivity contribution >= 4 is 28.1 Å². The van der Waals surface area contributed by atoms with Crippen molar-refractivity contribution in [2.45, 2.75) is 6.92 Å². The standard InChI is InChI=1S/C16H15BrN2O2/c1-2-21-15-8-6-12(7-9-15)11-18-19-16(20)13-4-3-5-14(17)10-13/h3-11H,2H2,1H3,(H,19,20). The van der Waals surface area contributed by atoms with E-state index in [4.69, 9.17) is 4.74 Å². The van der Waals surface area contributed by atoms with Crippen LogP contribution in [-0.2, 0) is 0 Å². The van der Waals surface area contributed by atoms with E-state index >= 15 is 0 Å². The lowest BCUT2D eigenvalue weighted by Crippen LogP contribution is -2.17. The fourth-order valence-electron chi connectivity index (χ4n) is 1.68. The Morgan fingerprint density at radius 3 is 2.71 bits per heavy atom. The largest absolute Gasteiger partial charge is 0.494 e. The van der Waals surface area contributed by atoms with Gasteiger partial charge in [-0.2, -0.15) is 5.10 Å². The minimum atomic E-state index is -0.251. The van der Waals surface area contributed by atoms with E-state index in [0.29, 0.717) is 12.2 Å². The van der Waals surface area contributed by atoms with Gasteiger partial charge in [-0.1, -0.05) is 22.0 Å². The molecule has 1 amide bonds. The minimum absolute atomic E-state index is 0.251. The number of rotatable bonds is 5. The molecule has 2 aromatic carbocycles. The highest BCUT2D eigenvalue weighted by Crippen LogP contribution is 2.12. The van der Waals surface area contributed by atoms with E-state index in [2.05, 4.69) is 26.5 Å². The normalized spacial score (nSPS) is 10.6. The third-order valence-electron chi connectivity index (χ3n) is 2.66. The van der Waals surface area contributed by atoms with E-state index in [-0.39, 0.29) is 5.91 Å². The summed E-state index contributed by atoms with van der Waals surface area (Å²) in [7, 11) is 0. The first-order valence-electron chi connectivity index (χ1n) is 6.51. The molecule has 2 aromatic rings. The van der Waals surface area contributed by atoms with Gasteiger partial charge in [-0.05, 0) is 55.0 Å². The Hall–Kier alpha value is -2.14. The Morgan fingerprint density at radius 2 is 2.05 bits per heavy atom. The molecule has 0 saturated carbocycles. The van der Waals surface area contributed by atoms with Crippen LogP contribution in [0.15, 0.2) is 58.1 Å². The molecule has 5 heteroatoms. The molecule has 1 N–H and O–H groups in total. The van der Waals surface area contributed by atoms with Crippen LogP contribution in [0.25, 0.3) is 0 Å². The quantitative estimate of drug-likeness (QED) is 0.664. The van der Waals surface area contributed by atoms with Gasteiger partial charge < -0.3 is 4.74 Å². The summed E-state index contributed by atoms with van der Waals surface area (Å²) in [6.07, 6.45) is 1.59. The van der Waals surface area contributed by atoms with Gasteiger partial charge in [-0.3, -0.25) is 4.79 Å². The second-order valence-corrected chi connectivity index (χ2v) is 5.13. The van der Waals surface area contributed by atoms with E-state index in [0.717, 1.165) is 15.8 Å². The topological polar surface area (TPSA) is 50.7 Å². The van der Waals surface area contributed by atoms with Gasteiger partial charge in [0.1, 0.15) is 5.75 Å². The molecule has 108 valence electrons.